The van der Waals surface area contributed by atoms with E-state index in [0.717, 1.165) is 53.7 Å². The molecule has 3 heterocycles. The fourth-order valence-corrected chi connectivity index (χ4v) is 5.89. The van der Waals surface area contributed by atoms with Crippen molar-refractivity contribution in [1.82, 2.24) is 29.7 Å². The molecule has 5 aromatic rings. The molecule has 1 atom stereocenters. The third kappa shape index (κ3) is 6.03. The van der Waals surface area contributed by atoms with Gasteiger partial charge in [-0.15, -0.1) is 0 Å². The first kappa shape index (κ1) is 29.4. The van der Waals surface area contributed by atoms with Gasteiger partial charge in [0.1, 0.15) is 17.3 Å². The number of fused-ring (bicyclic) bond motifs is 2. The Balaban J connectivity index is 1.34. The minimum absolute atomic E-state index is 0.00563. The van der Waals surface area contributed by atoms with Crippen LogP contribution in [-0.4, -0.2) is 64.2 Å². The van der Waals surface area contributed by atoms with Gasteiger partial charge in [0.25, 0.3) is 5.56 Å². The molecule has 1 saturated heterocycles. The summed E-state index contributed by atoms with van der Waals surface area (Å²) in [5, 5.41) is 3.80. The number of ether oxygens (including phenoxy) is 2. The van der Waals surface area contributed by atoms with E-state index in [1.165, 1.54) is 0 Å². The average molecular weight is 595 g/mol. The second kappa shape index (κ2) is 12.9. The van der Waals surface area contributed by atoms with Crippen LogP contribution in [0.5, 0.6) is 11.5 Å². The molecular formula is C34H38N6O4. The summed E-state index contributed by atoms with van der Waals surface area (Å²) in [6.07, 6.45) is 4.52. The maximum atomic E-state index is 13.5. The first-order valence-corrected chi connectivity index (χ1v) is 15.2. The zero-order valence-electron chi connectivity index (χ0n) is 25.4. The highest BCUT2D eigenvalue weighted by Gasteiger charge is 2.24. The Labute approximate surface area is 256 Å². The van der Waals surface area contributed by atoms with Gasteiger partial charge in [0.05, 0.1) is 60.0 Å². The van der Waals surface area contributed by atoms with E-state index >= 15 is 0 Å². The first-order chi connectivity index (χ1) is 21.4. The van der Waals surface area contributed by atoms with Crippen molar-refractivity contribution in [2.75, 3.05) is 33.9 Å². The summed E-state index contributed by atoms with van der Waals surface area (Å²) in [7, 11) is 3.50. The molecule has 2 N–H and O–H groups in total. The van der Waals surface area contributed by atoms with Crippen molar-refractivity contribution >= 4 is 27.8 Å². The molecule has 0 bridgehead atoms. The standard InChI is InChI=1S/C34H38N6O4/c1-4-14-44-31-12-11-22(19-39(2)34(42)23-9-7-13-35-18-23)15-26(31)32-37-27-17-28-29(16-25(27)33(41)38-32)40(21-36-28)20-24-8-5-6-10-30(24)43-3/h5-6,8,10-12,15-17,21,23,35H,4,7,9,13-14,18-20H2,1-3H3,(H,37,38,41). The number of carbonyl (C=O) groups excluding carboxylic acids is 1. The Kier molecular flexibility index (Phi) is 8.60. The molecular weight excluding hydrogens is 556 g/mol. The van der Waals surface area contributed by atoms with Crippen LogP contribution < -0.4 is 20.3 Å². The highest BCUT2D eigenvalue weighted by molar-refractivity contribution is 5.93. The van der Waals surface area contributed by atoms with Crippen molar-refractivity contribution in [1.29, 1.82) is 0 Å². The van der Waals surface area contributed by atoms with Gasteiger partial charge in [0.15, 0.2) is 0 Å². The van der Waals surface area contributed by atoms with Crippen LogP contribution in [0.4, 0.5) is 0 Å². The summed E-state index contributed by atoms with van der Waals surface area (Å²) >= 11 is 0. The Hall–Kier alpha value is -4.70. The first-order valence-electron chi connectivity index (χ1n) is 15.2. The van der Waals surface area contributed by atoms with Crippen molar-refractivity contribution in [3.8, 4) is 22.9 Å². The van der Waals surface area contributed by atoms with Crippen LogP contribution in [0.1, 0.15) is 37.3 Å². The topological polar surface area (TPSA) is 114 Å². The molecule has 44 heavy (non-hydrogen) atoms. The molecule has 0 spiro atoms. The van der Waals surface area contributed by atoms with E-state index in [9.17, 15) is 9.59 Å². The zero-order chi connectivity index (χ0) is 30.6. The lowest BCUT2D eigenvalue weighted by Crippen LogP contribution is -2.41. The zero-order valence-corrected chi connectivity index (χ0v) is 25.4. The highest BCUT2D eigenvalue weighted by atomic mass is 16.5. The number of aromatic nitrogens is 4. The van der Waals surface area contributed by atoms with Crippen LogP contribution >= 0.6 is 0 Å². The van der Waals surface area contributed by atoms with Gasteiger partial charge in [-0.25, -0.2) is 9.97 Å². The van der Waals surface area contributed by atoms with E-state index in [4.69, 9.17) is 14.5 Å². The van der Waals surface area contributed by atoms with Gasteiger partial charge < -0.3 is 29.2 Å². The number of carbonyl (C=O) groups is 1. The molecule has 1 aliphatic heterocycles. The number of H-pyrrole nitrogens is 1. The Morgan fingerprint density at radius 2 is 1.98 bits per heavy atom. The summed E-state index contributed by atoms with van der Waals surface area (Å²) in [5.74, 6) is 1.97. The number of benzene rings is 3. The van der Waals surface area contributed by atoms with E-state index in [2.05, 4.69) is 15.3 Å². The van der Waals surface area contributed by atoms with E-state index in [1.807, 2.05) is 73.1 Å². The van der Waals surface area contributed by atoms with Crippen molar-refractivity contribution in [3.05, 3.63) is 82.4 Å². The average Bonchev–Trinajstić information content (AvgIpc) is 3.44. The lowest BCUT2D eigenvalue weighted by atomic mass is 9.98. The number of nitrogens with zero attached hydrogens (tertiary/aromatic N) is 4. The largest absolute Gasteiger partial charge is 0.496 e. The van der Waals surface area contributed by atoms with Crippen molar-refractivity contribution in [2.45, 2.75) is 39.3 Å². The quantitative estimate of drug-likeness (QED) is 0.240. The predicted molar refractivity (Wildman–Crippen MR) is 171 cm³/mol. The van der Waals surface area contributed by atoms with E-state index < -0.39 is 0 Å². The van der Waals surface area contributed by atoms with Gasteiger partial charge in [-0.2, -0.15) is 0 Å². The van der Waals surface area contributed by atoms with Crippen LogP contribution in [0.15, 0.2) is 65.7 Å². The molecule has 1 amide bonds. The molecule has 3 aromatic carbocycles. The third-order valence-corrected chi connectivity index (χ3v) is 8.18. The van der Waals surface area contributed by atoms with Crippen molar-refractivity contribution in [2.24, 2.45) is 5.92 Å². The van der Waals surface area contributed by atoms with Gasteiger partial charge in [0, 0.05) is 25.7 Å². The van der Waals surface area contributed by atoms with Gasteiger partial charge in [-0.3, -0.25) is 9.59 Å². The number of nitrogens with one attached hydrogen (secondary N) is 2. The van der Waals surface area contributed by atoms with Crippen LogP contribution in [0.2, 0.25) is 0 Å². The Bertz CT molecular complexity index is 1860. The van der Waals surface area contributed by atoms with Crippen LogP contribution in [0, 0.1) is 5.92 Å². The normalized spacial score (nSPS) is 15.0. The van der Waals surface area contributed by atoms with E-state index in [0.29, 0.717) is 54.3 Å². The summed E-state index contributed by atoms with van der Waals surface area (Å²) in [6, 6.07) is 17.4. The minimum Gasteiger partial charge on any atom is -0.496 e. The molecule has 1 unspecified atom stereocenters. The molecule has 6 rings (SSSR count). The summed E-state index contributed by atoms with van der Waals surface area (Å²) in [5.41, 5.74) is 4.49. The molecule has 1 fully saturated rings. The highest BCUT2D eigenvalue weighted by Crippen LogP contribution is 2.31. The number of rotatable bonds is 10. The van der Waals surface area contributed by atoms with Gasteiger partial charge in [0.2, 0.25) is 5.91 Å². The molecule has 1 aliphatic rings. The summed E-state index contributed by atoms with van der Waals surface area (Å²) in [4.78, 5) is 40.9. The number of hydrogen-bond acceptors (Lipinski definition) is 7. The molecule has 0 radical (unpaired) electrons. The second-order valence-corrected chi connectivity index (χ2v) is 11.4. The molecule has 10 nitrogen and oxygen atoms in total. The van der Waals surface area contributed by atoms with Crippen LogP contribution in [0.3, 0.4) is 0 Å². The second-order valence-electron chi connectivity index (χ2n) is 11.4. The molecule has 2 aromatic heterocycles. The lowest BCUT2D eigenvalue weighted by molar-refractivity contribution is -0.135. The predicted octanol–water partition coefficient (Wildman–Crippen LogP) is 4.74. The van der Waals surface area contributed by atoms with Crippen molar-refractivity contribution in [3.63, 3.8) is 0 Å². The Morgan fingerprint density at radius 1 is 1.11 bits per heavy atom. The lowest BCUT2D eigenvalue weighted by Gasteiger charge is -2.27. The fourth-order valence-electron chi connectivity index (χ4n) is 5.89. The van der Waals surface area contributed by atoms with Gasteiger partial charge in [-0.05, 0) is 61.7 Å². The molecule has 228 valence electrons. The number of amides is 1. The van der Waals surface area contributed by atoms with Gasteiger partial charge >= 0.3 is 0 Å². The number of imidazole rings is 1. The minimum atomic E-state index is -0.249. The van der Waals surface area contributed by atoms with Crippen LogP contribution in [0.25, 0.3) is 33.3 Å². The number of aromatic amines is 1. The van der Waals surface area contributed by atoms with E-state index in [-0.39, 0.29) is 17.4 Å². The third-order valence-electron chi connectivity index (χ3n) is 8.18. The van der Waals surface area contributed by atoms with Crippen LogP contribution in [-0.2, 0) is 17.9 Å². The number of methoxy groups -OCH3 is 1. The van der Waals surface area contributed by atoms with Crippen molar-refractivity contribution < 1.29 is 14.3 Å². The summed E-state index contributed by atoms with van der Waals surface area (Å²) in [6.45, 7) is 5.24. The monoisotopic (exact) mass is 594 g/mol. The van der Waals surface area contributed by atoms with E-state index in [1.54, 1.807) is 18.3 Å². The summed E-state index contributed by atoms with van der Waals surface area (Å²) < 4.78 is 13.6. The van der Waals surface area contributed by atoms with Gasteiger partial charge in [-0.1, -0.05) is 31.2 Å². The smallest absolute Gasteiger partial charge is 0.259 e. The number of piperidine rings is 1. The number of para-hydroxylation sites is 1. The SMILES string of the molecule is CCCOc1ccc(CN(C)C(=O)C2CCCNC2)cc1-c1nc2cc3ncn(Cc4ccccc4OC)c3cc2c(=O)[nH]1. The molecule has 0 aliphatic carbocycles. The maximum absolute atomic E-state index is 13.5. The fraction of sp³-hybridized carbons (Fsp3) is 0.353. The molecule has 0 saturated carbocycles. The number of hydrogen-bond donors (Lipinski definition) is 2. The maximum Gasteiger partial charge on any atom is 0.259 e. The Morgan fingerprint density at radius 3 is 2.77 bits per heavy atom. The molecule has 10 heteroatoms.